The van der Waals surface area contributed by atoms with E-state index < -0.39 is 5.97 Å². The first kappa shape index (κ1) is 15.6. The monoisotopic (exact) mass is 314 g/mol. The van der Waals surface area contributed by atoms with Crippen LogP contribution in [0.1, 0.15) is 55.6 Å². The molecule has 0 atom stereocenters. The number of aromatic carboxylic acids is 1. The lowest BCUT2D eigenvalue weighted by atomic mass is 9.94. The van der Waals surface area contributed by atoms with Crippen molar-refractivity contribution < 1.29 is 14.6 Å². The van der Waals surface area contributed by atoms with Crippen LogP contribution in [-0.2, 0) is 0 Å². The zero-order chi connectivity index (χ0) is 16.2. The molecule has 2 aromatic rings. The second kappa shape index (κ2) is 6.86. The van der Waals surface area contributed by atoms with Crippen molar-refractivity contribution in [3.8, 4) is 17.3 Å². The van der Waals surface area contributed by atoms with Crippen LogP contribution in [0.3, 0.4) is 0 Å². The van der Waals surface area contributed by atoms with Crippen LogP contribution >= 0.6 is 0 Å². The lowest BCUT2D eigenvalue weighted by molar-refractivity contribution is 0.0691. The molecule has 0 bridgehead atoms. The van der Waals surface area contributed by atoms with Crippen molar-refractivity contribution in [1.29, 1.82) is 0 Å². The van der Waals surface area contributed by atoms with Gasteiger partial charge < -0.3 is 9.84 Å². The maximum Gasteiger partial charge on any atom is 0.356 e. The highest BCUT2D eigenvalue weighted by Crippen LogP contribution is 2.38. The normalized spacial score (nSPS) is 15.5. The molecule has 0 aliphatic heterocycles. The molecule has 1 heterocycles. The minimum absolute atomic E-state index is 0.0743. The summed E-state index contributed by atoms with van der Waals surface area (Å²) in [7, 11) is 0. The van der Waals surface area contributed by atoms with Gasteiger partial charge in [0.05, 0.1) is 12.3 Å². The lowest BCUT2D eigenvalue weighted by Crippen LogP contribution is -2.16. The third kappa shape index (κ3) is 3.09. The highest BCUT2D eigenvalue weighted by Gasteiger charge is 2.29. The van der Waals surface area contributed by atoms with Crippen LogP contribution in [0, 0.1) is 0 Å². The molecule has 1 fully saturated rings. The number of hydrogen-bond donors (Lipinski definition) is 1. The molecular weight excluding hydrogens is 292 g/mol. The number of nitrogens with zero attached hydrogens (tertiary/aromatic N) is 2. The summed E-state index contributed by atoms with van der Waals surface area (Å²) >= 11 is 0. The summed E-state index contributed by atoms with van der Waals surface area (Å²) in [5.74, 6) is -1.01. The van der Waals surface area contributed by atoms with Crippen molar-refractivity contribution >= 4 is 5.97 Å². The van der Waals surface area contributed by atoms with E-state index in [1.807, 2.05) is 41.8 Å². The van der Waals surface area contributed by atoms with Crippen LogP contribution in [0.5, 0.6) is 6.01 Å². The van der Waals surface area contributed by atoms with Crippen LogP contribution in [0.15, 0.2) is 30.3 Å². The van der Waals surface area contributed by atoms with E-state index in [0.717, 1.165) is 31.2 Å². The Morgan fingerprint density at radius 3 is 2.57 bits per heavy atom. The zero-order valence-corrected chi connectivity index (χ0v) is 13.4. The summed E-state index contributed by atoms with van der Waals surface area (Å²) in [6, 6.07) is 10.3. The van der Waals surface area contributed by atoms with Crippen molar-refractivity contribution in [2.75, 3.05) is 6.61 Å². The number of carboxylic acid groups (broad SMARTS) is 1. The summed E-state index contributed by atoms with van der Waals surface area (Å²) in [4.78, 5) is 16.0. The first-order chi connectivity index (χ1) is 11.2. The molecule has 1 saturated carbocycles. The second-order valence-electron chi connectivity index (χ2n) is 5.86. The Balaban J connectivity index is 2.18. The van der Waals surface area contributed by atoms with E-state index in [4.69, 9.17) is 4.74 Å². The Morgan fingerprint density at radius 1 is 1.26 bits per heavy atom. The van der Waals surface area contributed by atoms with Crippen molar-refractivity contribution in [1.82, 2.24) is 9.55 Å². The summed E-state index contributed by atoms with van der Waals surface area (Å²) in [6.45, 7) is 2.36. The first-order valence-electron chi connectivity index (χ1n) is 8.26. The molecule has 0 unspecified atom stereocenters. The average Bonchev–Trinajstić information content (AvgIpc) is 2.96. The van der Waals surface area contributed by atoms with Gasteiger partial charge in [-0.1, -0.05) is 49.6 Å². The zero-order valence-electron chi connectivity index (χ0n) is 13.4. The van der Waals surface area contributed by atoms with Crippen molar-refractivity contribution in [2.45, 2.75) is 45.1 Å². The summed E-state index contributed by atoms with van der Waals surface area (Å²) < 4.78 is 7.69. The number of carbonyl (C=O) groups is 1. The van der Waals surface area contributed by atoms with Gasteiger partial charge in [-0.3, -0.25) is 4.57 Å². The van der Waals surface area contributed by atoms with Gasteiger partial charge in [-0.15, -0.1) is 0 Å². The quantitative estimate of drug-likeness (QED) is 0.900. The Kier molecular flexibility index (Phi) is 4.65. The molecule has 0 saturated heterocycles. The van der Waals surface area contributed by atoms with E-state index in [9.17, 15) is 9.90 Å². The summed E-state index contributed by atoms with van der Waals surface area (Å²) in [6.07, 6.45) is 5.63. The highest BCUT2D eigenvalue weighted by atomic mass is 16.5. The largest absolute Gasteiger partial charge is 0.476 e. The van der Waals surface area contributed by atoms with Gasteiger partial charge in [-0.2, -0.15) is 4.98 Å². The minimum atomic E-state index is -1.01. The number of benzene rings is 1. The van der Waals surface area contributed by atoms with Crippen LogP contribution < -0.4 is 4.74 Å². The minimum Gasteiger partial charge on any atom is -0.476 e. The third-order valence-corrected chi connectivity index (χ3v) is 4.34. The van der Waals surface area contributed by atoms with Gasteiger partial charge >= 0.3 is 5.97 Å². The Labute approximate surface area is 135 Å². The van der Waals surface area contributed by atoms with E-state index in [1.165, 1.54) is 6.42 Å². The fourth-order valence-corrected chi connectivity index (χ4v) is 3.34. The molecular formula is C18H22N2O3. The molecule has 23 heavy (non-hydrogen) atoms. The van der Waals surface area contributed by atoms with E-state index >= 15 is 0 Å². The maximum absolute atomic E-state index is 11.7. The number of rotatable bonds is 5. The average molecular weight is 314 g/mol. The summed E-state index contributed by atoms with van der Waals surface area (Å²) in [5.41, 5.74) is 1.60. The number of imidazole rings is 1. The van der Waals surface area contributed by atoms with Crippen molar-refractivity contribution in [3.63, 3.8) is 0 Å². The number of aromatic nitrogens is 2. The fourth-order valence-electron chi connectivity index (χ4n) is 3.34. The number of carboxylic acids is 1. The van der Waals surface area contributed by atoms with E-state index in [0.29, 0.717) is 18.3 Å². The molecule has 122 valence electrons. The van der Waals surface area contributed by atoms with Crippen LogP contribution in [0.25, 0.3) is 11.3 Å². The molecule has 1 N–H and O–H groups in total. The topological polar surface area (TPSA) is 64.3 Å². The number of hydrogen-bond acceptors (Lipinski definition) is 3. The van der Waals surface area contributed by atoms with Gasteiger partial charge in [0.2, 0.25) is 0 Å². The molecule has 1 aromatic heterocycles. The lowest BCUT2D eigenvalue weighted by Gasteiger charge is -2.26. The van der Waals surface area contributed by atoms with E-state index in [2.05, 4.69) is 4.98 Å². The highest BCUT2D eigenvalue weighted by molar-refractivity contribution is 5.93. The maximum atomic E-state index is 11.7. The smallest absolute Gasteiger partial charge is 0.356 e. The SMILES string of the molecule is CCOc1nc(C(=O)O)c(-c2ccccc2)n1C1CCCCC1. The van der Waals surface area contributed by atoms with Crippen molar-refractivity contribution in [2.24, 2.45) is 0 Å². The van der Waals surface area contributed by atoms with E-state index in [-0.39, 0.29) is 11.7 Å². The third-order valence-electron chi connectivity index (χ3n) is 4.34. The molecule has 1 aromatic carbocycles. The molecule has 5 heteroatoms. The van der Waals surface area contributed by atoms with Gasteiger partial charge in [0.25, 0.3) is 6.01 Å². The van der Waals surface area contributed by atoms with Gasteiger partial charge in [-0.05, 0) is 19.8 Å². The molecule has 0 amide bonds. The van der Waals surface area contributed by atoms with Crippen molar-refractivity contribution in [3.05, 3.63) is 36.0 Å². The molecule has 0 spiro atoms. The summed E-state index contributed by atoms with van der Waals surface area (Å²) in [5, 5.41) is 9.60. The first-order valence-corrected chi connectivity index (χ1v) is 8.26. The van der Waals surface area contributed by atoms with Crippen LogP contribution in [0.4, 0.5) is 0 Å². The van der Waals surface area contributed by atoms with Gasteiger partial charge in [0.15, 0.2) is 5.69 Å². The predicted molar refractivity (Wildman–Crippen MR) is 87.9 cm³/mol. The second-order valence-corrected chi connectivity index (χ2v) is 5.86. The van der Waals surface area contributed by atoms with Crippen LogP contribution in [-0.4, -0.2) is 27.2 Å². The molecule has 3 rings (SSSR count). The molecule has 0 radical (unpaired) electrons. The molecule has 1 aliphatic carbocycles. The molecule has 1 aliphatic rings. The van der Waals surface area contributed by atoms with Gasteiger partial charge in [-0.25, -0.2) is 4.79 Å². The standard InChI is InChI=1S/C18H22N2O3/c1-2-23-18-19-15(17(21)22)16(13-9-5-3-6-10-13)20(18)14-11-7-4-8-12-14/h3,5-6,9-10,14H,2,4,7-8,11-12H2,1H3,(H,21,22). The van der Waals surface area contributed by atoms with Gasteiger partial charge in [0.1, 0.15) is 0 Å². The predicted octanol–water partition coefficient (Wildman–Crippen LogP) is 4.15. The Morgan fingerprint density at radius 2 is 1.96 bits per heavy atom. The molecule has 5 nitrogen and oxygen atoms in total. The van der Waals surface area contributed by atoms with E-state index in [1.54, 1.807) is 0 Å². The van der Waals surface area contributed by atoms with Gasteiger partial charge in [0, 0.05) is 11.6 Å². The Hall–Kier alpha value is -2.30. The Bertz CT molecular complexity index is 673. The fraction of sp³-hybridized carbons (Fsp3) is 0.444. The van der Waals surface area contributed by atoms with Crippen LogP contribution in [0.2, 0.25) is 0 Å². The number of ether oxygens (including phenoxy) is 1.